The van der Waals surface area contributed by atoms with Gasteiger partial charge in [0.25, 0.3) is 0 Å². The van der Waals surface area contributed by atoms with Crippen LogP contribution in [-0.4, -0.2) is 69.1 Å². The molecule has 0 spiro atoms. The molecule has 0 saturated carbocycles. The van der Waals surface area contributed by atoms with Crippen molar-refractivity contribution in [3.63, 3.8) is 0 Å². The van der Waals surface area contributed by atoms with Crippen LogP contribution in [0.2, 0.25) is 0 Å². The molecule has 1 saturated heterocycles. The van der Waals surface area contributed by atoms with Gasteiger partial charge >= 0.3 is 0 Å². The van der Waals surface area contributed by atoms with Crippen molar-refractivity contribution in [3.8, 4) is 5.69 Å². The number of rotatable bonds is 6. The summed E-state index contributed by atoms with van der Waals surface area (Å²) in [6, 6.07) is 10.6. The second-order valence-corrected chi connectivity index (χ2v) is 7.10. The monoisotopic (exact) mass is 366 g/mol. The number of para-hydroxylation sites is 1. The van der Waals surface area contributed by atoms with Crippen LogP contribution >= 0.6 is 0 Å². The zero-order valence-corrected chi connectivity index (χ0v) is 15.7. The van der Waals surface area contributed by atoms with E-state index in [0.29, 0.717) is 6.04 Å². The fourth-order valence-electron chi connectivity index (χ4n) is 3.86. The number of anilines is 1. The zero-order valence-electron chi connectivity index (χ0n) is 15.7. The van der Waals surface area contributed by atoms with E-state index in [1.54, 1.807) is 6.33 Å². The molecule has 1 aliphatic heterocycles. The van der Waals surface area contributed by atoms with Crippen molar-refractivity contribution in [1.29, 1.82) is 0 Å². The number of aliphatic hydroxyl groups excluding tert-OH is 1. The molecule has 7 heteroatoms. The van der Waals surface area contributed by atoms with E-state index in [2.05, 4.69) is 31.9 Å². The molecule has 4 rings (SSSR count). The molecule has 0 amide bonds. The van der Waals surface area contributed by atoms with E-state index in [1.807, 2.05) is 41.2 Å². The number of hydrogen-bond acceptors (Lipinski definition) is 6. The van der Waals surface area contributed by atoms with Crippen LogP contribution < -0.4 is 4.90 Å². The third-order valence-electron chi connectivity index (χ3n) is 5.40. The number of aromatic nitrogens is 4. The average molecular weight is 366 g/mol. The lowest BCUT2D eigenvalue weighted by Gasteiger charge is -2.37. The molecule has 0 aliphatic carbocycles. The van der Waals surface area contributed by atoms with Crippen molar-refractivity contribution in [3.05, 3.63) is 42.9 Å². The summed E-state index contributed by atoms with van der Waals surface area (Å²) in [4.78, 5) is 13.8. The largest absolute Gasteiger partial charge is 0.396 e. The molecule has 0 bridgehead atoms. The Labute approximate surface area is 159 Å². The molecule has 1 fully saturated rings. The summed E-state index contributed by atoms with van der Waals surface area (Å²) >= 11 is 0. The third-order valence-corrected chi connectivity index (χ3v) is 5.40. The van der Waals surface area contributed by atoms with Gasteiger partial charge in [0, 0.05) is 32.3 Å². The summed E-state index contributed by atoms with van der Waals surface area (Å²) in [6.07, 6.45) is 6.54. The van der Waals surface area contributed by atoms with Crippen LogP contribution in [0.15, 0.2) is 42.9 Å². The van der Waals surface area contributed by atoms with Gasteiger partial charge in [-0.05, 0) is 38.4 Å². The molecule has 3 aromatic rings. The van der Waals surface area contributed by atoms with Gasteiger partial charge in [0.15, 0.2) is 5.65 Å². The normalized spacial score (nSPS) is 15.7. The number of nitrogens with zero attached hydrogens (tertiary/aromatic N) is 6. The van der Waals surface area contributed by atoms with Gasteiger partial charge in [0.05, 0.1) is 17.3 Å². The van der Waals surface area contributed by atoms with E-state index >= 15 is 0 Å². The smallest absolute Gasteiger partial charge is 0.168 e. The molecular weight excluding hydrogens is 340 g/mol. The maximum absolute atomic E-state index is 9.03. The molecule has 0 atom stereocenters. The SMILES string of the molecule is CN(CCCO)C1CCN(c2ncnc3c2cnn3-c2ccccc2)CC1. The van der Waals surface area contributed by atoms with Crippen LogP contribution in [0.25, 0.3) is 16.7 Å². The van der Waals surface area contributed by atoms with Gasteiger partial charge in [-0.3, -0.25) is 0 Å². The molecule has 7 nitrogen and oxygen atoms in total. The van der Waals surface area contributed by atoms with Gasteiger partial charge in [-0.25, -0.2) is 14.6 Å². The third kappa shape index (κ3) is 3.65. The summed E-state index contributed by atoms with van der Waals surface area (Å²) in [7, 11) is 2.16. The van der Waals surface area contributed by atoms with Crippen LogP contribution in [0.1, 0.15) is 19.3 Å². The predicted molar refractivity (Wildman–Crippen MR) is 106 cm³/mol. The summed E-state index contributed by atoms with van der Waals surface area (Å²) in [6.45, 7) is 3.14. The minimum Gasteiger partial charge on any atom is -0.396 e. The second-order valence-electron chi connectivity index (χ2n) is 7.10. The van der Waals surface area contributed by atoms with Crippen LogP contribution in [0.4, 0.5) is 5.82 Å². The minimum absolute atomic E-state index is 0.257. The van der Waals surface area contributed by atoms with E-state index in [0.717, 1.165) is 61.4 Å². The first-order valence-electron chi connectivity index (χ1n) is 9.58. The molecule has 3 heterocycles. The van der Waals surface area contributed by atoms with E-state index in [1.165, 1.54) is 0 Å². The highest BCUT2D eigenvalue weighted by atomic mass is 16.3. The van der Waals surface area contributed by atoms with E-state index < -0.39 is 0 Å². The highest BCUT2D eigenvalue weighted by molar-refractivity contribution is 5.87. The number of fused-ring (bicyclic) bond motifs is 1. The predicted octanol–water partition coefficient (Wildman–Crippen LogP) is 2.10. The molecule has 1 aromatic carbocycles. The zero-order chi connectivity index (χ0) is 18.6. The van der Waals surface area contributed by atoms with Crippen molar-refractivity contribution in [2.45, 2.75) is 25.3 Å². The van der Waals surface area contributed by atoms with Crippen molar-refractivity contribution in [2.24, 2.45) is 0 Å². The molecule has 0 unspecified atom stereocenters. The maximum Gasteiger partial charge on any atom is 0.168 e. The van der Waals surface area contributed by atoms with Crippen molar-refractivity contribution >= 4 is 16.9 Å². The Morgan fingerprint density at radius 2 is 1.93 bits per heavy atom. The summed E-state index contributed by atoms with van der Waals surface area (Å²) in [5.41, 5.74) is 1.84. The lowest BCUT2D eigenvalue weighted by Crippen LogP contribution is -2.44. The Hall–Kier alpha value is -2.51. The fraction of sp³-hybridized carbons (Fsp3) is 0.450. The van der Waals surface area contributed by atoms with Gasteiger partial charge in [-0.2, -0.15) is 5.10 Å². The van der Waals surface area contributed by atoms with Crippen LogP contribution in [-0.2, 0) is 0 Å². The Bertz CT molecular complexity index is 873. The van der Waals surface area contributed by atoms with Crippen molar-refractivity contribution < 1.29 is 5.11 Å². The first-order chi connectivity index (χ1) is 13.3. The Balaban J connectivity index is 1.53. The van der Waals surface area contributed by atoms with Gasteiger partial charge in [0.1, 0.15) is 12.1 Å². The van der Waals surface area contributed by atoms with E-state index in [-0.39, 0.29) is 6.61 Å². The van der Waals surface area contributed by atoms with Crippen LogP contribution in [0, 0.1) is 0 Å². The lowest BCUT2D eigenvalue weighted by molar-refractivity contribution is 0.184. The first kappa shape index (κ1) is 17.9. The van der Waals surface area contributed by atoms with E-state index in [9.17, 15) is 0 Å². The maximum atomic E-state index is 9.03. The summed E-state index contributed by atoms with van der Waals surface area (Å²) in [5, 5.41) is 14.6. The van der Waals surface area contributed by atoms with Gasteiger partial charge in [-0.15, -0.1) is 0 Å². The number of benzene rings is 1. The van der Waals surface area contributed by atoms with Gasteiger partial charge in [0.2, 0.25) is 0 Å². The molecular formula is C20H26N6O. The number of aliphatic hydroxyl groups is 1. The lowest BCUT2D eigenvalue weighted by atomic mass is 10.0. The van der Waals surface area contributed by atoms with Crippen LogP contribution in [0.5, 0.6) is 0 Å². The summed E-state index contributed by atoms with van der Waals surface area (Å²) < 4.78 is 1.87. The second kappa shape index (κ2) is 8.02. The average Bonchev–Trinajstić information content (AvgIpc) is 3.17. The summed E-state index contributed by atoms with van der Waals surface area (Å²) in [5.74, 6) is 0.971. The fourth-order valence-corrected chi connectivity index (χ4v) is 3.86. The molecule has 1 N–H and O–H groups in total. The molecule has 142 valence electrons. The van der Waals surface area contributed by atoms with Crippen LogP contribution in [0.3, 0.4) is 0 Å². The quantitative estimate of drug-likeness (QED) is 0.720. The van der Waals surface area contributed by atoms with Gasteiger partial charge in [-0.1, -0.05) is 18.2 Å². The van der Waals surface area contributed by atoms with Crippen molar-refractivity contribution in [1.82, 2.24) is 24.6 Å². The van der Waals surface area contributed by atoms with Crippen molar-refractivity contribution in [2.75, 3.05) is 38.2 Å². The minimum atomic E-state index is 0.257. The Morgan fingerprint density at radius 3 is 2.67 bits per heavy atom. The standard InChI is InChI=1S/C20H26N6O/c1-24(10-5-13-27)16-8-11-25(12-9-16)19-18-14-23-26(20(18)22-15-21-19)17-6-3-2-4-7-17/h2-4,6-7,14-16,27H,5,8-13H2,1H3. The van der Waals surface area contributed by atoms with E-state index in [4.69, 9.17) is 5.11 Å². The topological polar surface area (TPSA) is 70.3 Å². The molecule has 1 aliphatic rings. The highest BCUT2D eigenvalue weighted by Gasteiger charge is 2.25. The number of piperidine rings is 1. The molecule has 0 radical (unpaired) electrons. The number of hydrogen-bond donors (Lipinski definition) is 1. The Morgan fingerprint density at radius 1 is 1.15 bits per heavy atom. The first-order valence-corrected chi connectivity index (χ1v) is 9.58. The molecule has 2 aromatic heterocycles. The van der Waals surface area contributed by atoms with Gasteiger partial charge < -0.3 is 14.9 Å². The highest BCUT2D eigenvalue weighted by Crippen LogP contribution is 2.27. The Kier molecular flexibility index (Phi) is 5.31. The molecule has 27 heavy (non-hydrogen) atoms.